The molecule has 0 atom stereocenters. The number of carbonyl (C=O) groups is 1. The Labute approximate surface area is 156 Å². The van der Waals surface area contributed by atoms with Crippen LogP contribution in [0.15, 0.2) is 36.8 Å². The molecule has 6 nitrogen and oxygen atoms in total. The fraction of sp³-hybridized carbons (Fsp3) is 0.176. The van der Waals surface area contributed by atoms with Gasteiger partial charge in [0.1, 0.15) is 17.4 Å². The van der Waals surface area contributed by atoms with Gasteiger partial charge in [-0.1, -0.05) is 17.7 Å². The minimum Gasteiger partial charge on any atom is -0.368 e. The Morgan fingerprint density at radius 3 is 2.63 bits per heavy atom. The highest BCUT2D eigenvalue weighted by Crippen LogP contribution is 2.35. The van der Waals surface area contributed by atoms with E-state index in [0.717, 1.165) is 6.07 Å². The van der Waals surface area contributed by atoms with E-state index in [9.17, 15) is 18.0 Å². The van der Waals surface area contributed by atoms with E-state index in [2.05, 4.69) is 20.3 Å². The van der Waals surface area contributed by atoms with Crippen molar-refractivity contribution in [2.75, 3.05) is 11.9 Å². The third kappa shape index (κ3) is 4.08. The van der Waals surface area contributed by atoms with Crippen LogP contribution in [0.2, 0.25) is 5.02 Å². The molecule has 0 fully saturated rings. The standard InChI is InChI=1S/C17H13ClF3N5O/c18-12-2-1-9(7-11(12)17(19,20)21)3-5-24-16-14-13(25-8-26-16)10(15(22)27)4-6-23-14/h1-2,4,6-8H,3,5H2,(H2,22,27)(H,24,25,26). The van der Waals surface area contributed by atoms with Crippen LogP contribution in [0.25, 0.3) is 11.0 Å². The highest BCUT2D eigenvalue weighted by molar-refractivity contribution is 6.31. The Morgan fingerprint density at radius 1 is 1.15 bits per heavy atom. The molecule has 0 aliphatic rings. The van der Waals surface area contributed by atoms with Gasteiger partial charge in [0.25, 0.3) is 5.91 Å². The van der Waals surface area contributed by atoms with Gasteiger partial charge in [-0.25, -0.2) is 9.97 Å². The van der Waals surface area contributed by atoms with Crippen LogP contribution in [0.1, 0.15) is 21.5 Å². The van der Waals surface area contributed by atoms with Gasteiger partial charge < -0.3 is 11.1 Å². The van der Waals surface area contributed by atoms with Gasteiger partial charge in [0, 0.05) is 12.7 Å². The number of fused-ring (bicyclic) bond motifs is 1. The maximum Gasteiger partial charge on any atom is 0.417 e. The summed E-state index contributed by atoms with van der Waals surface area (Å²) in [5, 5.41) is 2.65. The second-order valence-corrected chi connectivity index (χ2v) is 6.04. The van der Waals surface area contributed by atoms with Gasteiger partial charge in [0.15, 0.2) is 5.82 Å². The molecule has 3 aromatic rings. The molecule has 0 saturated carbocycles. The third-order valence-electron chi connectivity index (χ3n) is 3.83. The van der Waals surface area contributed by atoms with Crippen LogP contribution in [-0.4, -0.2) is 27.4 Å². The number of aromatic nitrogens is 3. The summed E-state index contributed by atoms with van der Waals surface area (Å²) >= 11 is 5.62. The largest absolute Gasteiger partial charge is 0.417 e. The maximum atomic E-state index is 12.9. The zero-order valence-corrected chi connectivity index (χ0v) is 14.5. The highest BCUT2D eigenvalue weighted by Gasteiger charge is 2.33. The number of rotatable bonds is 5. The van der Waals surface area contributed by atoms with E-state index in [1.807, 2.05) is 0 Å². The molecule has 3 N–H and O–H groups in total. The molecular weight excluding hydrogens is 383 g/mol. The van der Waals surface area contributed by atoms with Gasteiger partial charge in [0.05, 0.1) is 16.1 Å². The van der Waals surface area contributed by atoms with Gasteiger partial charge in [0.2, 0.25) is 0 Å². The molecule has 0 aliphatic heterocycles. The van der Waals surface area contributed by atoms with Crippen LogP contribution >= 0.6 is 11.6 Å². The first-order valence-electron chi connectivity index (χ1n) is 7.76. The van der Waals surface area contributed by atoms with E-state index in [-0.39, 0.29) is 17.1 Å². The number of nitrogens with one attached hydrogen (secondary N) is 1. The van der Waals surface area contributed by atoms with Crippen LogP contribution < -0.4 is 11.1 Å². The lowest BCUT2D eigenvalue weighted by molar-refractivity contribution is -0.137. The molecule has 0 aliphatic carbocycles. The number of hydrogen-bond donors (Lipinski definition) is 2. The van der Waals surface area contributed by atoms with Crippen molar-refractivity contribution in [1.29, 1.82) is 0 Å². The number of nitrogens with two attached hydrogens (primary N) is 1. The normalized spacial score (nSPS) is 11.6. The second kappa shape index (κ2) is 7.36. The first-order chi connectivity index (χ1) is 12.8. The second-order valence-electron chi connectivity index (χ2n) is 5.63. The number of benzene rings is 1. The molecule has 0 spiro atoms. The third-order valence-corrected chi connectivity index (χ3v) is 4.16. The highest BCUT2D eigenvalue weighted by atomic mass is 35.5. The van der Waals surface area contributed by atoms with Gasteiger partial charge in [-0.05, 0) is 30.2 Å². The zero-order valence-electron chi connectivity index (χ0n) is 13.7. The van der Waals surface area contributed by atoms with Crippen LogP contribution in [-0.2, 0) is 12.6 Å². The number of halogens is 4. The van der Waals surface area contributed by atoms with Crippen molar-refractivity contribution in [3.05, 3.63) is 58.5 Å². The number of pyridine rings is 1. The fourth-order valence-electron chi connectivity index (χ4n) is 2.56. The molecule has 0 radical (unpaired) electrons. The molecule has 0 unspecified atom stereocenters. The molecule has 3 rings (SSSR count). The van der Waals surface area contributed by atoms with Crippen LogP contribution in [0, 0.1) is 0 Å². The molecular formula is C17H13ClF3N5O. The SMILES string of the molecule is NC(=O)c1ccnc2c(NCCc3ccc(Cl)c(C(F)(F)F)c3)ncnc12. The average Bonchev–Trinajstić information content (AvgIpc) is 2.61. The average molecular weight is 396 g/mol. The Kier molecular flexibility index (Phi) is 5.13. The molecule has 140 valence electrons. The Balaban J connectivity index is 1.79. The van der Waals surface area contributed by atoms with Gasteiger partial charge in [-0.15, -0.1) is 0 Å². The Hall–Kier alpha value is -2.94. The Bertz CT molecular complexity index is 1010. The number of anilines is 1. The molecule has 10 heteroatoms. The number of carbonyl (C=O) groups excluding carboxylic acids is 1. The molecule has 0 saturated heterocycles. The maximum absolute atomic E-state index is 12.9. The fourth-order valence-corrected chi connectivity index (χ4v) is 2.79. The van der Waals surface area contributed by atoms with E-state index in [0.29, 0.717) is 28.8 Å². The smallest absolute Gasteiger partial charge is 0.368 e. The van der Waals surface area contributed by atoms with Crippen molar-refractivity contribution in [3.8, 4) is 0 Å². The summed E-state index contributed by atoms with van der Waals surface area (Å²) < 4.78 is 38.8. The Morgan fingerprint density at radius 2 is 1.93 bits per heavy atom. The van der Waals surface area contributed by atoms with Crippen molar-refractivity contribution in [1.82, 2.24) is 15.0 Å². The number of hydrogen-bond acceptors (Lipinski definition) is 5. The summed E-state index contributed by atoms with van der Waals surface area (Å²) in [6.45, 7) is 0.285. The zero-order chi connectivity index (χ0) is 19.6. The molecule has 2 aromatic heterocycles. The number of nitrogens with zero attached hydrogens (tertiary/aromatic N) is 3. The predicted octanol–water partition coefficient (Wildman–Crippen LogP) is 3.45. The topological polar surface area (TPSA) is 93.8 Å². The van der Waals surface area contributed by atoms with Crippen LogP contribution in [0.5, 0.6) is 0 Å². The van der Waals surface area contributed by atoms with Gasteiger partial charge in [-0.3, -0.25) is 9.78 Å². The monoisotopic (exact) mass is 395 g/mol. The van der Waals surface area contributed by atoms with Crippen LogP contribution in [0.3, 0.4) is 0 Å². The van der Waals surface area contributed by atoms with Crippen molar-refractivity contribution in [2.24, 2.45) is 5.73 Å². The summed E-state index contributed by atoms with van der Waals surface area (Å²) in [7, 11) is 0. The molecule has 0 bridgehead atoms. The minimum absolute atomic E-state index is 0.206. The van der Waals surface area contributed by atoms with Crippen molar-refractivity contribution in [2.45, 2.75) is 12.6 Å². The summed E-state index contributed by atoms with van der Waals surface area (Å²) in [5.41, 5.74) is 5.76. The van der Waals surface area contributed by atoms with E-state index in [1.165, 1.54) is 30.7 Å². The molecule has 1 aromatic carbocycles. The van der Waals surface area contributed by atoms with E-state index >= 15 is 0 Å². The van der Waals surface area contributed by atoms with Crippen molar-refractivity contribution < 1.29 is 18.0 Å². The first kappa shape index (κ1) is 18.8. The number of amides is 1. The molecule has 27 heavy (non-hydrogen) atoms. The lowest BCUT2D eigenvalue weighted by Gasteiger charge is -2.12. The summed E-state index contributed by atoms with van der Waals surface area (Å²) in [4.78, 5) is 23.7. The quantitative estimate of drug-likeness (QED) is 0.690. The van der Waals surface area contributed by atoms with E-state index in [1.54, 1.807) is 0 Å². The minimum atomic E-state index is -4.52. The van der Waals surface area contributed by atoms with Crippen molar-refractivity contribution in [3.63, 3.8) is 0 Å². The van der Waals surface area contributed by atoms with Crippen LogP contribution in [0.4, 0.5) is 19.0 Å². The van der Waals surface area contributed by atoms with E-state index in [4.69, 9.17) is 17.3 Å². The summed E-state index contributed by atoms with van der Waals surface area (Å²) in [6, 6.07) is 5.22. The predicted molar refractivity (Wildman–Crippen MR) is 94.5 cm³/mol. The summed E-state index contributed by atoms with van der Waals surface area (Å²) in [6.07, 6.45) is -1.56. The number of alkyl halides is 3. The number of primary amides is 1. The molecule has 1 amide bonds. The van der Waals surface area contributed by atoms with Gasteiger partial charge >= 0.3 is 6.18 Å². The molecule has 2 heterocycles. The summed E-state index contributed by atoms with van der Waals surface area (Å²) in [5.74, 6) is -0.291. The lowest BCUT2D eigenvalue weighted by atomic mass is 10.1. The van der Waals surface area contributed by atoms with Crippen molar-refractivity contribution >= 4 is 34.4 Å². The van der Waals surface area contributed by atoms with E-state index < -0.39 is 17.6 Å². The van der Waals surface area contributed by atoms with Gasteiger partial charge in [-0.2, -0.15) is 13.2 Å². The first-order valence-corrected chi connectivity index (χ1v) is 8.14. The lowest BCUT2D eigenvalue weighted by Crippen LogP contribution is -2.14.